The molecule has 1 heterocycles. The number of para-hydroxylation sites is 1. The molecule has 0 saturated carbocycles. The number of hydrogen-bond donors (Lipinski definition) is 0. The normalized spacial score (nSPS) is 10.6. The lowest BCUT2D eigenvalue weighted by atomic mass is 10.2. The predicted molar refractivity (Wildman–Crippen MR) is 131 cm³/mol. The molecule has 6 nitrogen and oxygen atoms in total. The van der Waals surface area contributed by atoms with Gasteiger partial charge in [-0.15, -0.1) is 0 Å². The highest BCUT2D eigenvalue weighted by Gasteiger charge is 2.15. The highest BCUT2D eigenvalue weighted by atomic mass is 16.5. The molecule has 174 valence electrons. The largest absolute Gasteiger partial charge is 0.489 e. The molecule has 0 atom stereocenters. The highest BCUT2D eigenvalue weighted by molar-refractivity contribution is 5.77. The molecular formula is C28H29N3O3. The molecule has 0 aliphatic carbocycles. The first-order chi connectivity index (χ1) is 16.8. The molecule has 0 fully saturated rings. The molecule has 0 bridgehead atoms. The van der Waals surface area contributed by atoms with Gasteiger partial charge in [0.15, 0.2) is 6.61 Å². The molecule has 0 unspecified atom stereocenters. The lowest BCUT2D eigenvalue weighted by Crippen LogP contribution is -2.35. The summed E-state index contributed by atoms with van der Waals surface area (Å²) in [5.41, 5.74) is 2.17. The van der Waals surface area contributed by atoms with Crippen molar-refractivity contribution in [2.45, 2.75) is 26.1 Å². The number of hydrogen-bond acceptors (Lipinski definition) is 4. The first kappa shape index (κ1) is 23.1. The van der Waals surface area contributed by atoms with E-state index in [1.807, 2.05) is 101 Å². The van der Waals surface area contributed by atoms with Crippen LogP contribution in [0.4, 0.5) is 0 Å². The zero-order chi connectivity index (χ0) is 23.4. The summed E-state index contributed by atoms with van der Waals surface area (Å²) in [6.07, 6.45) is 6.31. The van der Waals surface area contributed by atoms with Crippen LogP contribution in [-0.4, -0.2) is 33.5 Å². The van der Waals surface area contributed by atoms with Gasteiger partial charge < -0.3 is 18.9 Å². The number of ether oxygens (including phenoxy) is 2. The van der Waals surface area contributed by atoms with Gasteiger partial charge in [0.25, 0.3) is 5.91 Å². The van der Waals surface area contributed by atoms with E-state index in [1.54, 1.807) is 12.5 Å². The van der Waals surface area contributed by atoms with Crippen molar-refractivity contribution in [2.75, 3.05) is 13.2 Å². The smallest absolute Gasteiger partial charge is 0.260 e. The molecule has 4 rings (SSSR count). The Morgan fingerprint density at radius 1 is 0.824 bits per heavy atom. The van der Waals surface area contributed by atoms with Gasteiger partial charge in [0.1, 0.15) is 18.1 Å². The van der Waals surface area contributed by atoms with Crippen LogP contribution in [0.5, 0.6) is 11.5 Å². The average molecular weight is 456 g/mol. The van der Waals surface area contributed by atoms with Crippen molar-refractivity contribution in [3.8, 4) is 11.5 Å². The van der Waals surface area contributed by atoms with Crippen LogP contribution in [-0.2, 0) is 24.5 Å². The standard InChI is InChI=1S/C28H29N3O3/c32-28(22-34-26-10-5-2-6-11-26)31(18-7-17-30-19-16-29-23-30)20-24-12-14-27(15-13-24)33-21-25-8-3-1-4-9-25/h1-6,8-16,19,23H,7,17-18,20-22H2. The lowest BCUT2D eigenvalue weighted by Gasteiger charge is -2.23. The quantitative estimate of drug-likeness (QED) is 0.303. The molecule has 6 heteroatoms. The SMILES string of the molecule is O=C(COc1ccccc1)N(CCCn1ccnc1)Cc1ccc(OCc2ccccc2)cc1. The summed E-state index contributed by atoms with van der Waals surface area (Å²) >= 11 is 0. The molecule has 0 saturated heterocycles. The maximum atomic E-state index is 13.0. The summed E-state index contributed by atoms with van der Waals surface area (Å²) in [6, 6.07) is 27.4. The summed E-state index contributed by atoms with van der Waals surface area (Å²) in [7, 11) is 0. The van der Waals surface area contributed by atoms with E-state index in [2.05, 4.69) is 4.98 Å². The van der Waals surface area contributed by atoms with Crippen LogP contribution >= 0.6 is 0 Å². The van der Waals surface area contributed by atoms with Crippen molar-refractivity contribution in [1.82, 2.24) is 14.5 Å². The topological polar surface area (TPSA) is 56.6 Å². The van der Waals surface area contributed by atoms with E-state index in [4.69, 9.17) is 9.47 Å². The Labute approximate surface area is 200 Å². The third-order valence-corrected chi connectivity index (χ3v) is 5.41. The minimum absolute atomic E-state index is 0.00730. The molecule has 1 aromatic heterocycles. The minimum atomic E-state index is -0.0427. The van der Waals surface area contributed by atoms with Crippen LogP contribution in [0.15, 0.2) is 104 Å². The van der Waals surface area contributed by atoms with Gasteiger partial charge in [0.2, 0.25) is 0 Å². The van der Waals surface area contributed by atoms with E-state index in [9.17, 15) is 4.79 Å². The Kier molecular flexibility index (Phi) is 8.33. The monoisotopic (exact) mass is 455 g/mol. The number of imidazole rings is 1. The summed E-state index contributed by atoms with van der Waals surface area (Å²) in [6.45, 7) is 2.47. The molecule has 0 aliphatic heterocycles. The van der Waals surface area contributed by atoms with Crippen LogP contribution in [0.3, 0.4) is 0 Å². The van der Waals surface area contributed by atoms with Gasteiger partial charge >= 0.3 is 0 Å². The van der Waals surface area contributed by atoms with Crippen molar-refractivity contribution in [1.29, 1.82) is 0 Å². The fourth-order valence-corrected chi connectivity index (χ4v) is 3.56. The van der Waals surface area contributed by atoms with Crippen LogP contribution < -0.4 is 9.47 Å². The van der Waals surface area contributed by atoms with Gasteiger partial charge in [-0.2, -0.15) is 0 Å². The summed E-state index contributed by atoms with van der Waals surface area (Å²) in [5.74, 6) is 1.45. The fraction of sp³-hybridized carbons (Fsp3) is 0.214. The van der Waals surface area contributed by atoms with Crippen LogP contribution in [0.25, 0.3) is 0 Å². The Bertz CT molecular complexity index is 1110. The van der Waals surface area contributed by atoms with Crippen LogP contribution in [0.2, 0.25) is 0 Å². The van der Waals surface area contributed by atoms with Gasteiger partial charge in [-0.1, -0.05) is 60.7 Å². The van der Waals surface area contributed by atoms with Crippen molar-refractivity contribution >= 4 is 5.91 Å². The number of carbonyl (C=O) groups is 1. The predicted octanol–water partition coefficient (Wildman–Crippen LogP) is 4.96. The molecule has 0 radical (unpaired) electrons. The Hall–Kier alpha value is -4.06. The van der Waals surface area contributed by atoms with Gasteiger partial charge in [-0.05, 0) is 41.8 Å². The van der Waals surface area contributed by atoms with Gasteiger partial charge in [-0.3, -0.25) is 4.79 Å². The maximum Gasteiger partial charge on any atom is 0.260 e. The van der Waals surface area contributed by atoms with Gasteiger partial charge in [0, 0.05) is 32.0 Å². The second-order valence-electron chi connectivity index (χ2n) is 7.99. The highest BCUT2D eigenvalue weighted by Crippen LogP contribution is 2.16. The van der Waals surface area contributed by atoms with Crippen LogP contribution in [0.1, 0.15) is 17.5 Å². The summed E-state index contributed by atoms with van der Waals surface area (Å²) < 4.78 is 13.6. The average Bonchev–Trinajstić information content (AvgIpc) is 3.41. The number of benzene rings is 3. The number of amides is 1. The maximum absolute atomic E-state index is 13.0. The molecule has 3 aromatic carbocycles. The van der Waals surface area contributed by atoms with Crippen molar-refractivity contribution < 1.29 is 14.3 Å². The molecule has 0 aliphatic rings. The Balaban J connectivity index is 1.34. The van der Waals surface area contributed by atoms with E-state index in [-0.39, 0.29) is 12.5 Å². The third-order valence-electron chi connectivity index (χ3n) is 5.41. The van der Waals surface area contributed by atoms with Crippen LogP contribution in [0, 0.1) is 0 Å². The molecule has 1 amide bonds. The third kappa shape index (κ3) is 7.24. The van der Waals surface area contributed by atoms with Crippen molar-refractivity contribution in [3.05, 3.63) is 115 Å². The van der Waals surface area contributed by atoms with Crippen molar-refractivity contribution in [2.24, 2.45) is 0 Å². The Morgan fingerprint density at radius 3 is 2.24 bits per heavy atom. The molecule has 4 aromatic rings. The second-order valence-corrected chi connectivity index (χ2v) is 7.99. The molecule has 34 heavy (non-hydrogen) atoms. The fourth-order valence-electron chi connectivity index (χ4n) is 3.56. The first-order valence-corrected chi connectivity index (χ1v) is 11.4. The number of aryl methyl sites for hydroxylation is 1. The van der Waals surface area contributed by atoms with E-state index < -0.39 is 0 Å². The van der Waals surface area contributed by atoms with Gasteiger partial charge in [-0.25, -0.2) is 4.98 Å². The Morgan fingerprint density at radius 2 is 1.53 bits per heavy atom. The van der Waals surface area contributed by atoms with Crippen molar-refractivity contribution in [3.63, 3.8) is 0 Å². The van der Waals surface area contributed by atoms with E-state index in [1.165, 1.54) is 0 Å². The molecular weight excluding hydrogens is 426 g/mol. The second kappa shape index (κ2) is 12.3. The number of rotatable bonds is 12. The minimum Gasteiger partial charge on any atom is -0.489 e. The molecule has 0 N–H and O–H groups in total. The number of aromatic nitrogens is 2. The zero-order valence-electron chi connectivity index (χ0n) is 19.1. The summed E-state index contributed by atoms with van der Waals surface area (Å²) in [4.78, 5) is 18.9. The molecule has 0 spiro atoms. The lowest BCUT2D eigenvalue weighted by molar-refractivity contribution is -0.134. The van der Waals surface area contributed by atoms with E-state index in [0.29, 0.717) is 25.4 Å². The first-order valence-electron chi connectivity index (χ1n) is 11.4. The number of carbonyl (C=O) groups excluding carboxylic acids is 1. The van der Waals surface area contributed by atoms with E-state index in [0.717, 1.165) is 29.8 Å². The number of nitrogens with zero attached hydrogens (tertiary/aromatic N) is 3. The summed E-state index contributed by atoms with van der Waals surface area (Å²) in [5, 5.41) is 0. The zero-order valence-corrected chi connectivity index (χ0v) is 19.1. The van der Waals surface area contributed by atoms with E-state index >= 15 is 0 Å². The van der Waals surface area contributed by atoms with Gasteiger partial charge in [0.05, 0.1) is 6.33 Å².